The Morgan fingerprint density at radius 3 is 2.85 bits per heavy atom. The molecule has 1 atom stereocenters. The van der Waals surface area contributed by atoms with Crippen molar-refractivity contribution in [2.24, 2.45) is 0 Å². The second kappa shape index (κ2) is 6.12. The molecule has 0 saturated heterocycles. The monoisotopic (exact) mass is 312 g/mol. The standard InChI is InChI=1S/C12H12N2O4S2/c1-2-7-8(4-3-5-9(7)15)11(16)14-12-13-6-10(19-12)20(17)18/h3-6,15H,2H2,1H3,(H,17,18)(H,13,14,16). The van der Waals surface area contributed by atoms with Gasteiger partial charge in [0.05, 0.1) is 6.20 Å². The number of hydrogen-bond donors (Lipinski definition) is 3. The third kappa shape index (κ3) is 3.03. The largest absolute Gasteiger partial charge is 0.508 e. The minimum Gasteiger partial charge on any atom is -0.508 e. The van der Waals surface area contributed by atoms with Crippen molar-refractivity contribution >= 4 is 33.5 Å². The van der Waals surface area contributed by atoms with Crippen LogP contribution in [-0.2, 0) is 17.5 Å². The second-order valence-electron chi connectivity index (χ2n) is 3.84. The number of phenolic OH excluding ortho intramolecular Hbond substituents is 1. The molecule has 1 aromatic carbocycles. The molecule has 6 nitrogen and oxygen atoms in total. The summed E-state index contributed by atoms with van der Waals surface area (Å²) in [5.41, 5.74) is 0.905. The maximum atomic E-state index is 12.1. The highest BCUT2D eigenvalue weighted by molar-refractivity contribution is 7.81. The summed E-state index contributed by atoms with van der Waals surface area (Å²) in [6.45, 7) is 1.84. The van der Waals surface area contributed by atoms with E-state index in [1.165, 1.54) is 12.3 Å². The predicted molar refractivity (Wildman–Crippen MR) is 76.6 cm³/mol. The van der Waals surface area contributed by atoms with Crippen LogP contribution in [0.4, 0.5) is 5.13 Å². The Morgan fingerprint density at radius 2 is 2.25 bits per heavy atom. The quantitative estimate of drug-likeness (QED) is 0.752. The first-order chi connectivity index (χ1) is 9.52. The summed E-state index contributed by atoms with van der Waals surface area (Å²) >= 11 is -1.19. The fraction of sp³-hybridized carbons (Fsp3) is 0.167. The van der Waals surface area contributed by atoms with Gasteiger partial charge in [0.15, 0.2) is 16.2 Å². The molecule has 20 heavy (non-hydrogen) atoms. The predicted octanol–water partition coefficient (Wildman–Crippen LogP) is 2.24. The van der Waals surface area contributed by atoms with Gasteiger partial charge in [0.25, 0.3) is 5.91 Å². The normalized spacial score (nSPS) is 12.1. The summed E-state index contributed by atoms with van der Waals surface area (Å²) in [7, 11) is 0. The number of phenols is 1. The number of thiazole rings is 1. The Morgan fingerprint density at radius 1 is 1.50 bits per heavy atom. The van der Waals surface area contributed by atoms with Crippen LogP contribution in [-0.4, -0.2) is 24.8 Å². The summed E-state index contributed by atoms with van der Waals surface area (Å²) in [6.07, 6.45) is 1.75. The minimum atomic E-state index is -2.11. The fourth-order valence-electron chi connectivity index (χ4n) is 1.72. The molecular weight excluding hydrogens is 300 g/mol. The van der Waals surface area contributed by atoms with Gasteiger partial charge in [0.2, 0.25) is 0 Å². The Kier molecular flexibility index (Phi) is 4.48. The van der Waals surface area contributed by atoms with Crippen LogP contribution in [0.1, 0.15) is 22.8 Å². The van der Waals surface area contributed by atoms with E-state index in [0.717, 1.165) is 11.3 Å². The van der Waals surface area contributed by atoms with Gasteiger partial charge in [-0.15, -0.1) is 0 Å². The van der Waals surface area contributed by atoms with E-state index in [4.69, 9.17) is 4.55 Å². The molecule has 0 radical (unpaired) electrons. The molecule has 3 N–H and O–H groups in total. The van der Waals surface area contributed by atoms with Crippen LogP contribution < -0.4 is 5.32 Å². The van der Waals surface area contributed by atoms with Crippen LogP contribution in [0.25, 0.3) is 0 Å². The van der Waals surface area contributed by atoms with E-state index in [0.29, 0.717) is 17.5 Å². The summed E-state index contributed by atoms with van der Waals surface area (Å²) in [5, 5.41) is 12.5. The lowest BCUT2D eigenvalue weighted by atomic mass is 10.0. The Labute approximate surface area is 121 Å². The number of nitrogens with one attached hydrogen (secondary N) is 1. The molecule has 2 aromatic rings. The Balaban J connectivity index is 2.23. The number of nitrogens with zero attached hydrogens (tertiary/aromatic N) is 1. The molecule has 8 heteroatoms. The van der Waals surface area contributed by atoms with Crippen molar-refractivity contribution in [3.05, 3.63) is 35.5 Å². The van der Waals surface area contributed by atoms with Crippen molar-refractivity contribution in [1.29, 1.82) is 0 Å². The van der Waals surface area contributed by atoms with Crippen LogP contribution >= 0.6 is 11.3 Å². The summed E-state index contributed by atoms with van der Waals surface area (Å²) < 4.78 is 19.9. The highest BCUT2D eigenvalue weighted by Gasteiger charge is 2.15. The zero-order valence-corrected chi connectivity index (χ0v) is 12.1. The average Bonchev–Trinajstić information content (AvgIpc) is 2.87. The van der Waals surface area contributed by atoms with Gasteiger partial charge in [-0.05, 0) is 18.6 Å². The van der Waals surface area contributed by atoms with Crippen molar-refractivity contribution in [3.8, 4) is 5.75 Å². The smallest absolute Gasteiger partial charge is 0.257 e. The molecule has 0 aliphatic heterocycles. The first kappa shape index (κ1) is 14.6. The third-order valence-corrected chi connectivity index (χ3v) is 4.46. The van der Waals surface area contributed by atoms with Gasteiger partial charge in [0, 0.05) is 11.1 Å². The van der Waals surface area contributed by atoms with Crippen LogP contribution in [0, 0.1) is 0 Å². The summed E-state index contributed by atoms with van der Waals surface area (Å²) in [4.78, 5) is 16.0. The number of hydrogen-bond acceptors (Lipinski definition) is 5. The topological polar surface area (TPSA) is 99.5 Å². The molecule has 0 fully saturated rings. The number of aromatic nitrogens is 1. The van der Waals surface area contributed by atoms with Crippen molar-refractivity contribution in [3.63, 3.8) is 0 Å². The number of carbonyl (C=O) groups is 1. The second-order valence-corrected chi connectivity index (χ2v) is 6.07. The molecule has 0 aliphatic carbocycles. The zero-order chi connectivity index (χ0) is 14.7. The summed E-state index contributed by atoms with van der Waals surface area (Å²) in [6, 6.07) is 4.71. The van der Waals surface area contributed by atoms with Crippen LogP contribution in [0.15, 0.2) is 28.6 Å². The molecule has 0 aliphatic rings. The molecule has 0 saturated carbocycles. The number of carbonyl (C=O) groups excluding carboxylic acids is 1. The highest BCUT2D eigenvalue weighted by Crippen LogP contribution is 2.24. The van der Waals surface area contributed by atoms with Gasteiger partial charge in [0.1, 0.15) is 9.96 Å². The SMILES string of the molecule is CCc1c(O)cccc1C(=O)Nc1ncc(S(=O)O)s1. The van der Waals surface area contributed by atoms with Gasteiger partial charge < -0.3 is 9.66 Å². The molecule has 106 valence electrons. The van der Waals surface area contributed by atoms with Crippen LogP contribution in [0.2, 0.25) is 0 Å². The van der Waals surface area contributed by atoms with Gasteiger partial charge >= 0.3 is 0 Å². The lowest BCUT2D eigenvalue weighted by Gasteiger charge is -2.08. The maximum Gasteiger partial charge on any atom is 0.257 e. The van der Waals surface area contributed by atoms with Gasteiger partial charge in [-0.25, -0.2) is 9.19 Å². The molecule has 1 heterocycles. The number of aromatic hydroxyl groups is 1. The van der Waals surface area contributed by atoms with Crippen LogP contribution in [0.3, 0.4) is 0 Å². The fourth-order valence-corrected chi connectivity index (χ4v) is 2.93. The van der Waals surface area contributed by atoms with E-state index in [2.05, 4.69) is 10.3 Å². The Hall–Kier alpha value is -1.77. The van der Waals surface area contributed by atoms with Gasteiger partial charge in [-0.1, -0.05) is 24.3 Å². The van der Waals surface area contributed by atoms with Gasteiger partial charge in [-0.2, -0.15) is 0 Å². The lowest BCUT2D eigenvalue weighted by Crippen LogP contribution is -2.13. The maximum absolute atomic E-state index is 12.1. The van der Waals surface area contributed by atoms with Crippen LogP contribution in [0.5, 0.6) is 5.75 Å². The number of rotatable bonds is 4. The molecule has 2 rings (SSSR count). The first-order valence-corrected chi connectivity index (χ1v) is 7.64. The number of anilines is 1. The Bertz CT molecular complexity index is 669. The minimum absolute atomic E-state index is 0.0661. The molecule has 0 bridgehead atoms. The average molecular weight is 312 g/mol. The molecule has 0 spiro atoms. The lowest BCUT2D eigenvalue weighted by molar-refractivity contribution is 0.102. The van der Waals surface area contributed by atoms with E-state index >= 15 is 0 Å². The third-order valence-electron chi connectivity index (χ3n) is 2.63. The molecule has 1 amide bonds. The highest BCUT2D eigenvalue weighted by atomic mass is 32.2. The number of benzene rings is 1. The molecular formula is C12H12N2O4S2. The number of amides is 1. The van der Waals surface area contributed by atoms with Crippen molar-refractivity contribution in [2.45, 2.75) is 17.6 Å². The molecule has 1 unspecified atom stereocenters. The summed E-state index contributed by atoms with van der Waals surface area (Å²) in [5.74, 6) is -0.348. The van der Waals surface area contributed by atoms with Crippen molar-refractivity contribution in [1.82, 2.24) is 4.98 Å². The zero-order valence-electron chi connectivity index (χ0n) is 10.5. The van der Waals surface area contributed by atoms with E-state index in [1.54, 1.807) is 12.1 Å². The molecule has 1 aromatic heterocycles. The van der Waals surface area contributed by atoms with E-state index < -0.39 is 17.0 Å². The van der Waals surface area contributed by atoms with E-state index in [9.17, 15) is 14.1 Å². The van der Waals surface area contributed by atoms with E-state index in [-0.39, 0.29) is 15.1 Å². The van der Waals surface area contributed by atoms with Gasteiger partial charge in [-0.3, -0.25) is 10.1 Å². The van der Waals surface area contributed by atoms with Crippen molar-refractivity contribution in [2.75, 3.05) is 5.32 Å². The van der Waals surface area contributed by atoms with Crippen molar-refractivity contribution < 1.29 is 18.7 Å². The first-order valence-electron chi connectivity index (χ1n) is 5.71. The van der Waals surface area contributed by atoms with E-state index in [1.807, 2.05) is 6.92 Å².